The number of fused-ring (bicyclic) bond motifs is 3. The highest BCUT2D eigenvalue weighted by atomic mass is 32.1. The van der Waals surface area contributed by atoms with Crippen LogP contribution in [0, 0.1) is 13.8 Å². The van der Waals surface area contributed by atoms with Gasteiger partial charge in [0.05, 0.1) is 0 Å². The first-order valence-corrected chi connectivity index (χ1v) is 8.21. The fraction of sp³-hybridized carbons (Fsp3) is 0.105. The van der Waals surface area contributed by atoms with E-state index in [9.17, 15) is 9.90 Å². The van der Waals surface area contributed by atoms with Gasteiger partial charge in [-0.25, -0.2) is 0 Å². The third-order valence-corrected chi connectivity index (χ3v) is 5.45. The molecule has 0 aliphatic heterocycles. The Kier molecular flexibility index (Phi) is 3.03. The zero-order valence-corrected chi connectivity index (χ0v) is 13.6. The van der Waals surface area contributed by atoms with Crippen LogP contribution in [0.3, 0.4) is 0 Å². The summed E-state index contributed by atoms with van der Waals surface area (Å²) in [6.45, 7) is 4.18. The van der Waals surface area contributed by atoms with Gasteiger partial charge in [0.15, 0.2) is 0 Å². The molecule has 0 unspecified atom stereocenters. The van der Waals surface area contributed by atoms with Gasteiger partial charge in [-0.1, -0.05) is 18.2 Å². The Morgan fingerprint density at radius 1 is 0.957 bits per heavy atom. The first-order valence-electron chi connectivity index (χ1n) is 7.39. The normalized spacial score (nSPS) is 11.4. The second kappa shape index (κ2) is 4.96. The van der Waals surface area contributed by atoms with E-state index in [1.807, 2.05) is 6.07 Å². The van der Waals surface area contributed by atoms with Gasteiger partial charge >= 0.3 is 0 Å². The zero-order chi connectivity index (χ0) is 16.1. The third-order valence-electron chi connectivity index (χ3n) is 4.27. The van der Waals surface area contributed by atoms with E-state index in [2.05, 4.69) is 37.0 Å². The smallest absolute Gasteiger partial charge is 0.266 e. The van der Waals surface area contributed by atoms with Crippen LogP contribution in [0.4, 0.5) is 0 Å². The predicted octanol–water partition coefficient (Wildman–Crippen LogP) is 4.73. The van der Waals surface area contributed by atoms with Gasteiger partial charge < -0.3 is 10.1 Å². The predicted molar refractivity (Wildman–Crippen MR) is 96.5 cm³/mol. The molecular weight excluding hydrogens is 306 g/mol. The van der Waals surface area contributed by atoms with Crippen LogP contribution in [0.2, 0.25) is 0 Å². The second-order valence-electron chi connectivity index (χ2n) is 5.84. The fourth-order valence-electron chi connectivity index (χ4n) is 2.84. The van der Waals surface area contributed by atoms with Crippen LogP contribution in [0.15, 0.2) is 47.3 Å². The van der Waals surface area contributed by atoms with Gasteiger partial charge in [0.25, 0.3) is 5.56 Å². The number of thiophene rings is 1. The van der Waals surface area contributed by atoms with E-state index in [-0.39, 0.29) is 11.3 Å². The molecule has 2 N–H and O–H groups in total. The molecule has 3 nitrogen and oxygen atoms in total. The topological polar surface area (TPSA) is 53.1 Å². The van der Waals surface area contributed by atoms with E-state index in [4.69, 9.17) is 0 Å². The van der Waals surface area contributed by atoms with Crippen molar-refractivity contribution in [2.45, 2.75) is 13.8 Å². The molecule has 114 valence electrons. The summed E-state index contributed by atoms with van der Waals surface area (Å²) in [6.07, 6.45) is 0. The van der Waals surface area contributed by atoms with Crippen molar-refractivity contribution in [1.82, 2.24) is 4.98 Å². The van der Waals surface area contributed by atoms with Crippen molar-refractivity contribution in [3.05, 3.63) is 63.9 Å². The van der Waals surface area contributed by atoms with Crippen LogP contribution in [-0.2, 0) is 0 Å². The average Bonchev–Trinajstić information content (AvgIpc) is 2.97. The van der Waals surface area contributed by atoms with Gasteiger partial charge in [0, 0.05) is 21.2 Å². The largest absolute Gasteiger partial charge is 0.508 e. The summed E-state index contributed by atoms with van der Waals surface area (Å²) in [5.74, 6) is 0.199. The number of phenolic OH excluding ortho intramolecular Hbond substituents is 1. The number of aromatic hydroxyl groups is 1. The maximum Gasteiger partial charge on any atom is 0.266 e. The van der Waals surface area contributed by atoms with Gasteiger partial charge in [0.2, 0.25) is 0 Å². The zero-order valence-electron chi connectivity index (χ0n) is 12.8. The molecule has 0 aliphatic carbocycles. The molecule has 2 heterocycles. The highest BCUT2D eigenvalue weighted by molar-refractivity contribution is 7.22. The number of hydrogen-bond donors (Lipinski definition) is 2. The molecule has 0 saturated heterocycles. The minimum atomic E-state index is -0.0849. The molecule has 4 rings (SSSR count). The summed E-state index contributed by atoms with van der Waals surface area (Å²) >= 11 is 1.49. The molecule has 4 heteroatoms. The minimum Gasteiger partial charge on any atom is -0.508 e. The van der Waals surface area contributed by atoms with Crippen molar-refractivity contribution in [1.29, 1.82) is 0 Å². The average molecular weight is 321 g/mol. The molecule has 23 heavy (non-hydrogen) atoms. The van der Waals surface area contributed by atoms with Gasteiger partial charge in [-0.2, -0.15) is 0 Å². The van der Waals surface area contributed by atoms with E-state index >= 15 is 0 Å². The summed E-state index contributed by atoms with van der Waals surface area (Å²) in [4.78, 5) is 16.3. The van der Waals surface area contributed by atoms with Crippen molar-refractivity contribution >= 4 is 32.3 Å². The van der Waals surface area contributed by atoms with Crippen molar-refractivity contribution in [3.63, 3.8) is 0 Å². The SMILES string of the molecule is Cc1ccc(-c2cc3c(s2)c(=O)[nH]c2ccc(O)cc23)cc1C. The first-order chi connectivity index (χ1) is 11.0. The number of hydrogen-bond acceptors (Lipinski definition) is 3. The van der Waals surface area contributed by atoms with Crippen LogP contribution in [0.1, 0.15) is 11.1 Å². The Labute approximate surface area is 136 Å². The number of rotatable bonds is 1. The number of aryl methyl sites for hydroxylation is 2. The highest BCUT2D eigenvalue weighted by Crippen LogP contribution is 2.36. The summed E-state index contributed by atoms with van der Waals surface area (Å²) in [5.41, 5.74) is 4.25. The number of pyridine rings is 1. The summed E-state index contributed by atoms with van der Waals surface area (Å²) in [5, 5.41) is 11.5. The summed E-state index contributed by atoms with van der Waals surface area (Å²) in [6, 6.07) is 13.4. The van der Waals surface area contributed by atoms with Crippen molar-refractivity contribution < 1.29 is 5.11 Å². The number of benzene rings is 2. The van der Waals surface area contributed by atoms with Crippen LogP contribution in [0.5, 0.6) is 5.75 Å². The van der Waals surface area contributed by atoms with Crippen LogP contribution in [0.25, 0.3) is 31.4 Å². The quantitative estimate of drug-likeness (QED) is 0.532. The number of nitrogens with one attached hydrogen (secondary N) is 1. The molecule has 2 aromatic carbocycles. The van der Waals surface area contributed by atoms with E-state index in [1.165, 1.54) is 22.5 Å². The van der Waals surface area contributed by atoms with Gasteiger partial charge in [-0.3, -0.25) is 4.79 Å². The Hall–Kier alpha value is -2.59. The molecule has 0 amide bonds. The number of H-pyrrole nitrogens is 1. The van der Waals surface area contributed by atoms with Crippen molar-refractivity contribution in [2.75, 3.05) is 0 Å². The van der Waals surface area contributed by atoms with Gasteiger partial charge in [-0.15, -0.1) is 11.3 Å². The highest BCUT2D eigenvalue weighted by Gasteiger charge is 2.12. The number of aromatic amines is 1. The molecule has 0 saturated carbocycles. The van der Waals surface area contributed by atoms with Crippen molar-refractivity contribution in [2.24, 2.45) is 0 Å². The molecule has 0 aliphatic rings. The standard InChI is InChI=1S/C19H15NO2S/c1-10-3-4-12(7-11(10)2)17-9-15-14-8-13(21)5-6-16(14)20-19(22)18(15)23-17/h3-9,21H,1-2H3,(H,20,22). The molecule has 0 fully saturated rings. The molecule has 2 aromatic heterocycles. The molecule has 0 bridgehead atoms. The summed E-state index contributed by atoms with van der Waals surface area (Å²) in [7, 11) is 0. The van der Waals surface area contributed by atoms with E-state index < -0.39 is 0 Å². The molecule has 0 radical (unpaired) electrons. The van der Waals surface area contributed by atoms with Crippen LogP contribution >= 0.6 is 11.3 Å². The van der Waals surface area contributed by atoms with Crippen LogP contribution < -0.4 is 5.56 Å². The van der Waals surface area contributed by atoms with Gasteiger partial charge in [0.1, 0.15) is 10.4 Å². The second-order valence-corrected chi connectivity index (χ2v) is 6.89. The molecular formula is C19H15NO2S. The van der Waals surface area contributed by atoms with E-state index in [0.717, 1.165) is 26.7 Å². The lowest BCUT2D eigenvalue weighted by Gasteiger charge is -2.02. The fourth-order valence-corrected chi connectivity index (χ4v) is 3.90. The third kappa shape index (κ3) is 2.23. The maximum absolute atomic E-state index is 12.3. The Balaban J connectivity index is 2.05. The lowest BCUT2D eigenvalue weighted by molar-refractivity contribution is 0.476. The number of aromatic nitrogens is 1. The molecule has 0 spiro atoms. The lowest BCUT2D eigenvalue weighted by Crippen LogP contribution is -2.03. The Bertz CT molecular complexity index is 1120. The van der Waals surface area contributed by atoms with E-state index in [1.54, 1.807) is 18.2 Å². The molecule has 0 atom stereocenters. The first kappa shape index (κ1) is 14.0. The number of phenols is 1. The summed E-state index contributed by atoms with van der Waals surface area (Å²) < 4.78 is 0.691. The Morgan fingerprint density at radius 2 is 1.78 bits per heavy atom. The van der Waals surface area contributed by atoms with Gasteiger partial charge in [-0.05, 0) is 54.8 Å². The Morgan fingerprint density at radius 3 is 2.57 bits per heavy atom. The minimum absolute atomic E-state index is 0.0849. The lowest BCUT2D eigenvalue weighted by atomic mass is 10.0. The van der Waals surface area contributed by atoms with Crippen LogP contribution in [-0.4, -0.2) is 10.1 Å². The molecule has 4 aromatic rings. The maximum atomic E-state index is 12.3. The monoisotopic (exact) mass is 321 g/mol. The van der Waals surface area contributed by atoms with Crippen molar-refractivity contribution in [3.8, 4) is 16.2 Å². The van der Waals surface area contributed by atoms with E-state index in [0.29, 0.717) is 4.70 Å².